The summed E-state index contributed by atoms with van der Waals surface area (Å²) in [7, 11) is -1.75. The molecule has 0 saturated carbocycles. The Balaban J connectivity index is 1.86. The Hall–Kier alpha value is -1.71. The van der Waals surface area contributed by atoms with Crippen LogP contribution in [0.3, 0.4) is 0 Å². The summed E-state index contributed by atoms with van der Waals surface area (Å²) >= 11 is 0. The monoisotopic (exact) mass is 428 g/mol. The molecule has 0 aromatic heterocycles. The topological polar surface area (TPSA) is 83.0 Å². The van der Waals surface area contributed by atoms with Gasteiger partial charge in [0.25, 0.3) is 0 Å². The molecular weight excluding hydrogens is 395 g/mol. The molecule has 1 aromatic carbocycles. The van der Waals surface area contributed by atoms with Crippen molar-refractivity contribution in [2.45, 2.75) is 45.3 Å². The summed E-state index contributed by atoms with van der Waals surface area (Å²) in [5.41, 5.74) is 0.546. The number of sulfonamides is 1. The number of nitrogens with zero attached hydrogens (tertiary/aromatic N) is 2. The number of morpholine rings is 1. The Morgan fingerprint density at radius 1 is 1.28 bits per heavy atom. The van der Waals surface area contributed by atoms with Gasteiger partial charge in [0.05, 0.1) is 18.0 Å². The third-order valence-corrected chi connectivity index (χ3v) is 6.76. The molecule has 2 atom stereocenters. The Morgan fingerprint density at radius 2 is 1.93 bits per heavy atom. The van der Waals surface area contributed by atoms with Crippen LogP contribution in [-0.2, 0) is 20.2 Å². The van der Waals surface area contributed by atoms with Crippen molar-refractivity contribution in [3.8, 4) is 0 Å². The predicted octanol–water partition coefficient (Wildman–Crippen LogP) is 1.71. The fraction of sp³-hybridized carbons (Fsp3) is 0.650. The first-order chi connectivity index (χ1) is 13.5. The van der Waals surface area contributed by atoms with E-state index >= 15 is 0 Å². The summed E-state index contributed by atoms with van der Waals surface area (Å²) < 4.78 is 45.8. The highest BCUT2D eigenvalue weighted by Crippen LogP contribution is 2.22. The molecular formula is C20H33FN4O3S. The van der Waals surface area contributed by atoms with E-state index in [-0.39, 0.29) is 35.7 Å². The summed E-state index contributed by atoms with van der Waals surface area (Å²) in [6, 6.07) is 6.52. The SMILES string of the molecule is CN=C(NCCS(=O)(=O)N1CC(C)OC(C)C1)NCC(C)(C)c1cccc(F)c1. The van der Waals surface area contributed by atoms with E-state index in [1.807, 2.05) is 33.8 Å². The van der Waals surface area contributed by atoms with Crippen molar-refractivity contribution in [2.75, 3.05) is 39.0 Å². The number of aliphatic imine (C=N–C) groups is 1. The average molecular weight is 429 g/mol. The molecule has 1 fully saturated rings. The molecule has 0 bridgehead atoms. The smallest absolute Gasteiger partial charge is 0.216 e. The van der Waals surface area contributed by atoms with E-state index in [0.717, 1.165) is 5.56 Å². The van der Waals surface area contributed by atoms with Crippen molar-refractivity contribution >= 4 is 16.0 Å². The maximum atomic E-state index is 13.5. The molecule has 0 radical (unpaired) electrons. The molecule has 0 spiro atoms. The first-order valence-corrected chi connectivity index (χ1v) is 11.5. The Kier molecular flexibility index (Phi) is 8.02. The van der Waals surface area contributed by atoms with Crippen molar-refractivity contribution in [3.63, 3.8) is 0 Å². The zero-order valence-corrected chi connectivity index (χ0v) is 18.7. The van der Waals surface area contributed by atoms with Crippen LogP contribution in [0, 0.1) is 5.82 Å². The van der Waals surface area contributed by atoms with E-state index in [0.29, 0.717) is 25.6 Å². The second-order valence-corrected chi connectivity index (χ2v) is 10.2. The van der Waals surface area contributed by atoms with Crippen LogP contribution >= 0.6 is 0 Å². The van der Waals surface area contributed by atoms with Crippen molar-refractivity contribution in [1.82, 2.24) is 14.9 Å². The van der Waals surface area contributed by atoms with E-state index in [9.17, 15) is 12.8 Å². The van der Waals surface area contributed by atoms with Crippen LogP contribution in [0.1, 0.15) is 33.3 Å². The molecule has 29 heavy (non-hydrogen) atoms. The highest BCUT2D eigenvalue weighted by molar-refractivity contribution is 7.89. The van der Waals surface area contributed by atoms with Gasteiger partial charge in [-0.3, -0.25) is 4.99 Å². The predicted molar refractivity (Wildman–Crippen MR) is 114 cm³/mol. The summed E-state index contributed by atoms with van der Waals surface area (Å²) in [4.78, 5) is 4.15. The largest absolute Gasteiger partial charge is 0.373 e. The van der Waals surface area contributed by atoms with Gasteiger partial charge in [0.2, 0.25) is 10.0 Å². The molecule has 1 saturated heterocycles. The summed E-state index contributed by atoms with van der Waals surface area (Å²) in [5, 5.41) is 6.25. The fourth-order valence-electron chi connectivity index (χ4n) is 3.32. The van der Waals surface area contributed by atoms with Crippen LogP contribution in [0.4, 0.5) is 4.39 Å². The van der Waals surface area contributed by atoms with Crippen molar-refractivity contribution in [3.05, 3.63) is 35.6 Å². The number of guanidine groups is 1. The average Bonchev–Trinajstić information content (AvgIpc) is 2.63. The van der Waals surface area contributed by atoms with Crippen molar-refractivity contribution in [1.29, 1.82) is 0 Å². The van der Waals surface area contributed by atoms with Gasteiger partial charge < -0.3 is 15.4 Å². The van der Waals surface area contributed by atoms with Gasteiger partial charge in [-0.05, 0) is 31.5 Å². The first-order valence-electron chi connectivity index (χ1n) is 9.87. The van der Waals surface area contributed by atoms with E-state index in [4.69, 9.17) is 4.74 Å². The van der Waals surface area contributed by atoms with Gasteiger partial charge in [-0.25, -0.2) is 12.8 Å². The van der Waals surface area contributed by atoms with E-state index in [1.54, 1.807) is 13.1 Å². The maximum absolute atomic E-state index is 13.5. The molecule has 164 valence electrons. The van der Waals surface area contributed by atoms with Gasteiger partial charge >= 0.3 is 0 Å². The van der Waals surface area contributed by atoms with Gasteiger partial charge in [-0.2, -0.15) is 4.31 Å². The number of hydrogen-bond acceptors (Lipinski definition) is 4. The standard InChI is InChI=1S/C20H33FN4O3S/c1-15-12-25(13-16(2)28-15)29(26,27)10-9-23-19(22-5)24-14-20(3,4)17-7-6-8-18(21)11-17/h6-8,11,15-16H,9-10,12-14H2,1-5H3,(H2,22,23,24). The molecule has 1 aliphatic rings. The van der Waals surface area contributed by atoms with Gasteiger partial charge in [-0.15, -0.1) is 0 Å². The zero-order chi connectivity index (χ0) is 21.7. The number of rotatable bonds is 7. The molecule has 2 unspecified atom stereocenters. The zero-order valence-electron chi connectivity index (χ0n) is 17.9. The summed E-state index contributed by atoms with van der Waals surface area (Å²) in [6.45, 7) is 9.28. The van der Waals surface area contributed by atoms with E-state index < -0.39 is 10.0 Å². The number of nitrogens with one attached hydrogen (secondary N) is 2. The molecule has 1 heterocycles. The van der Waals surface area contributed by atoms with E-state index in [2.05, 4.69) is 15.6 Å². The molecule has 2 rings (SSSR count). The lowest BCUT2D eigenvalue weighted by Crippen LogP contribution is -2.50. The fourth-order valence-corrected chi connectivity index (χ4v) is 4.81. The molecule has 7 nitrogen and oxygen atoms in total. The minimum absolute atomic E-state index is 0.0274. The van der Waals surface area contributed by atoms with Crippen LogP contribution in [0.2, 0.25) is 0 Å². The van der Waals surface area contributed by atoms with E-state index in [1.165, 1.54) is 16.4 Å². The van der Waals surface area contributed by atoms with Gasteiger partial charge in [-0.1, -0.05) is 26.0 Å². The van der Waals surface area contributed by atoms with Crippen molar-refractivity contribution < 1.29 is 17.5 Å². The maximum Gasteiger partial charge on any atom is 0.216 e. The van der Waals surface area contributed by atoms with Crippen LogP contribution in [0.5, 0.6) is 0 Å². The third kappa shape index (κ3) is 6.94. The molecule has 1 aliphatic heterocycles. The Bertz CT molecular complexity index is 804. The second kappa shape index (κ2) is 9.86. The minimum Gasteiger partial charge on any atom is -0.373 e. The van der Waals surface area contributed by atoms with Crippen LogP contribution < -0.4 is 10.6 Å². The molecule has 2 N–H and O–H groups in total. The molecule has 0 aliphatic carbocycles. The highest BCUT2D eigenvalue weighted by Gasteiger charge is 2.30. The molecule has 0 amide bonds. The lowest BCUT2D eigenvalue weighted by Gasteiger charge is -2.34. The summed E-state index contributed by atoms with van der Waals surface area (Å²) in [6.07, 6.45) is -0.220. The first kappa shape index (κ1) is 23.6. The van der Waals surface area contributed by atoms with Gasteiger partial charge in [0, 0.05) is 38.6 Å². The third-order valence-electron chi connectivity index (χ3n) is 4.96. The highest BCUT2D eigenvalue weighted by atomic mass is 32.2. The van der Waals surface area contributed by atoms with Crippen LogP contribution in [-0.4, -0.2) is 69.9 Å². The number of hydrogen-bond donors (Lipinski definition) is 2. The lowest BCUT2D eigenvalue weighted by atomic mass is 9.84. The second-order valence-electron chi connectivity index (χ2n) is 8.14. The Morgan fingerprint density at radius 3 is 2.52 bits per heavy atom. The van der Waals surface area contributed by atoms with Crippen molar-refractivity contribution in [2.24, 2.45) is 4.99 Å². The Labute approximate surface area is 173 Å². The lowest BCUT2D eigenvalue weighted by molar-refractivity contribution is -0.0440. The summed E-state index contributed by atoms with van der Waals surface area (Å²) in [5.74, 6) is 0.212. The van der Waals surface area contributed by atoms with Crippen LogP contribution in [0.15, 0.2) is 29.3 Å². The minimum atomic E-state index is -3.38. The van der Waals surface area contributed by atoms with Gasteiger partial charge in [0.15, 0.2) is 5.96 Å². The number of halogens is 1. The number of ether oxygens (including phenoxy) is 1. The molecule has 9 heteroatoms. The molecule has 1 aromatic rings. The number of benzene rings is 1. The van der Waals surface area contributed by atoms with Crippen LogP contribution in [0.25, 0.3) is 0 Å². The van der Waals surface area contributed by atoms with Gasteiger partial charge in [0.1, 0.15) is 5.82 Å². The quantitative estimate of drug-likeness (QED) is 0.510. The normalized spacial score (nSPS) is 21.8.